The zero-order valence-electron chi connectivity index (χ0n) is 20.1. The Hall–Kier alpha value is -2.45. The van der Waals surface area contributed by atoms with Crippen LogP contribution in [0.25, 0.3) is 0 Å². The molecule has 33 heavy (non-hydrogen) atoms. The van der Waals surface area contributed by atoms with E-state index in [0.717, 1.165) is 31.2 Å². The van der Waals surface area contributed by atoms with Gasteiger partial charge in [-0.1, -0.05) is 75.8 Å². The predicted molar refractivity (Wildman–Crippen MR) is 127 cm³/mol. The van der Waals surface area contributed by atoms with Gasteiger partial charge in [-0.2, -0.15) is 0 Å². The van der Waals surface area contributed by atoms with Crippen molar-refractivity contribution in [2.45, 2.75) is 83.8 Å². The maximum absolute atomic E-state index is 13.4. The van der Waals surface area contributed by atoms with Gasteiger partial charge in [0, 0.05) is 25.9 Å². The number of unbranched alkanes of at least 4 members (excludes halogenated alkanes) is 5. The van der Waals surface area contributed by atoms with Gasteiger partial charge in [0.2, 0.25) is 17.7 Å². The Morgan fingerprint density at radius 2 is 1.85 bits per heavy atom. The van der Waals surface area contributed by atoms with Crippen molar-refractivity contribution in [2.24, 2.45) is 5.92 Å². The molecule has 0 unspecified atom stereocenters. The monoisotopic (exact) mass is 460 g/mol. The van der Waals surface area contributed by atoms with Crippen molar-refractivity contribution in [3.8, 4) is 0 Å². The lowest BCUT2D eigenvalue weighted by molar-refractivity contribution is -0.152. The minimum Gasteiger partial charge on any atom is -0.357 e. The Balaban J connectivity index is 1.94. The highest BCUT2D eigenvalue weighted by molar-refractivity contribution is 5.90. The summed E-state index contributed by atoms with van der Waals surface area (Å²) in [4.78, 5) is 43.6. The topological polar surface area (TPSA) is 99.8 Å². The van der Waals surface area contributed by atoms with Crippen LogP contribution < -0.4 is 16.2 Å². The molecule has 1 aromatic rings. The average Bonchev–Trinajstić information content (AvgIpc) is 2.85. The summed E-state index contributed by atoms with van der Waals surface area (Å²) in [5, 5.41) is 4.09. The maximum Gasteiger partial charge on any atom is 0.244 e. The summed E-state index contributed by atoms with van der Waals surface area (Å²) in [6.45, 7) is 3.08. The Morgan fingerprint density at radius 3 is 2.58 bits per heavy atom. The van der Waals surface area contributed by atoms with E-state index < -0.39 is 12.0 Å². The standard InChI is InChI=1S/C25H40N4O4/c1-3-4-5-6-7-11-15-21(18-23(30)28-33-19-20-13-9-8-10-14-20)25(32)29-22(24(31)26-2)16-12-17-27-29/h8-10,13-14,21-22,27H,3-7,11-12,15-19H2,1-2H3,(H,26,31)(H,28,30)/t21-,22+/m1/s1. The fourth-order valence-corrected chi connectivity index (χ4v) is 4.10. The molecule has 1 aliphatic rings. The summed E-state index contributed by atoms with van der Waals surface area (Å²) in [7, 11) is 1.57. The second-order valence-corrected chi connectivity index (χ2v) is 8.65. The second-order valence-electron chi connectivity index (χ2n) is 8.65. The number of amides is 3. The number of hydrogen-bond donors (Lipinski definition) is 3. The predicted octanol–water partition coefficient (Wildman–Crippen LogP) is 3.23. The van der Waals surface area contributed by atoms with E-state index >= 15 is 0 Å². The number of rotatable bonds is 14. The molecule has 1 aromatic carbocycles. The van der Waals surface area contributed by atoms with Crippen LogP contribution in [0.3, 0.4) is 0 Å². The number of hydroxylamine groups is 1. The quantitative estimate of drug-likeness (QED) is 0.292. The van der Waals surface area contributed by atoms with Gasteiger partial charge in [-0.3, -0.25) is 24.2 Å². The van der Waals surface area contributed by atoms with Crippen molar-refractivity contribution in [1.29, 1.82) is 0 Å². The van der Waals surface area contributed by atoms with E-state index in [0.29, 0.717) is 19.4 Å². The normalized spacial score (nSPS) is 16.8. The number of likely N-dealkylation sites (N-methyl/N-ethyl adjacent to an activating group) is 1. The van der Waals surface area contributed by atoms with Crippen molar-refractivity contribution in [2.75, 3.05) is 13.6 Å². The molecule has 1 saturated heterocycles. The Kier molecular flexibility index (Phi) is 12.5. The summed E-state index contributed by atoms with van der Waals surface area (Å²) in [6.07, 6.45) is 8.68. The summed E-state index contributed by atoms with van der Waals surface area (Å²) >= 11 is 0. The first kappa shape index (κ1) is 26.8. The summed E-state index contributed by atoms with van der Waals surface area (Å²) in [5.41, 5.74) is 6.50. The number of hydrazine groups is 1. The number of hydrogen-bond acceptors (Lipinski definition) is 5. The molecular formula is C25H40N4O4. The molecular weight excluding hydrogens is 420 g/mol. The highest BCUT2D eigenvalue weighted by Crippen LogP contribution is 2.21. The van der Waals surface area contributed by atoms with Gasteiger partial charge in [-0.25, -0.2) is 10.9 Å². The zero-order valence-corrected chi connectivity index (χ0v) is 20.1. The minimum atomic E-state index is -0.555. The molecule has 1 heterocycles. The van der Waals surface area contributed by atoms with Gasteiger partial charge < -0.3 is 5.32 Å². The maximum atomic E-state index is 13.4. The van der Waals surface area contributed by atoms with E-state index in [1.165, 1.54) is 24.3 Å². The van der Waals surface area contributed by atoms with Crippen molar-refractivity contribution in [1.82, 2.24) is 21.2 Å². The van der Waals surface area contributed by atoms with Gasteiger partial charge in [0.15, 0.2) is 0 Å². The fourth-order valence-electron chi connectivity index (χ4n) is 4.10. The van der Waals surface area contributed by atoms with Crippen LogP contribution in [-0.4, -0.2) is 42.4 Å². The van der Waals surface area contributed by atoms with Crippen LogP contribution in [-0.2, 0) is 25.8 Å². The summed E-state index contributed by atoms with van der Waals surface area (Å²) in [5.74, 6) is -1.22. The third kappa shape index (κ3) is 9.52. The third-order valence-electron chi connectivity index (χ3n) is 5.99. The molecule has 1 aliphatic heterocycles. The summed E-state index contributed by atoms with van der Waals surface area (Å²) in [6, 6.07) is 9.01. The Labute approximate surface area is 197 Å². The third-order valence-corrected chi connectivity index (χ3v) is 5.99. The van der Waals surface area contributed by atoms with Gasteiger partial charge in [0.05, 0.1) is 6.61 Å². The van der Waals surface area contributed by atoms with Crippen molar-refractivity contribution >= 4 is 17.7 Å². The number of carbonyl (C=O) groups excluding carboxylic acids is 3. The molecule has 1 fully saturated rings. The molecule has 8 heteroatoms. The Morgan fingerprint density at radius 1 is 1.12 bits per heavy atom. The number of nitrogens with one attached hydrogen (secondary N) is 3. The molecule has 0 saturated carbocycles. The fraction of sp³-hybridized carbons (Fsp3) is 0.640. The average molecular weight is 461 g/mol. The first-order chi connectivity index (χ1) is 16.1. The van der Waals surface area contributed by atoms with Gasteiger partial charge in [-0.15, -0.1) is 0 Å². The van der Waals surface area contributed by atoms with Crippen LogP contribution in [0.4, 0.5) is 0 Å². The van der Waals surface area contributed by atoms with Crippen LogP contribution in [0.15, 0.2) is 30.3 Å². The first-order valence-electron chi connectivity index (χ1n) is 12.3. The summed E-state index contributed by atoms with van der Waals surface area (Å²) < 4.78 is 0. The molecule has 2 rings (SSSR count). The highest BCUT2D eigenvalue weighted by atomic mass is 16.6. The number of nitrogens with zero attached hydrogens (tertiary/aromatic N) is 1. The number of benzene rings is 1. The molecule has 8 nitrogen and oxygen atoms in total. The van der Waals surface area contributed by atoms with Crippen LogP contribution in [0, 0.1) is 5.92 Å². The zero-order chi connectivity index (χ0) is 23.9. The van der Waals surface area contributed by atoms with E-state index in [9.17, 15) is 14.4 Å². The van der Waals surface area contributed by atoms with E-state index in [-0.39, 0.29) is 30.7 Å². The van der Waals surface area contributed by atoms with Gasteiger partial charge >= 0.3 is 0 Å². The van der Waals surface area contributed by atoms with E-state index in [2.05, 4.69) is 23.1 Å². The van der Waals surface area contributed by atoms with Crippen LogP contribution in [0.2, 0.25) is 0 Å². The number of carbonyl (C=O) groups is 3. The molecule has 3 N–H and O–H groups in total. The molecule has 0 aromatic heterocycles. The highest BCUT2D eigenvalue weighted by Gasteiger charge is 2.36. The van der Waals surface area contributed by atoms with Crippen molar-refractivity contribution in [3.63, 3.8) is 0 Å². The molecule has 184 valence electrons. The van der Waals surface area contributed by atoms with E-state index in [4.69, 9.17) is 4.84 Å². The van der Waals surface area contributed by atoms with Crippen molar-refractivity contribution in [3.05, 3.63) is 35.9 Å². The SMILES string of the molecule is CCCCCCCC[C@H](CC(=O)NOCc1ccccc1)C(=O)N1NCCC[C@H]1C(=O)NC. The molecule has 0 aliphatic carbocycles. The van der Waals surface area contributed by atoms with Crippen LogP contribution in [0.1, 0.15) is 76.7 Å². The smallest absolute Gasteiger partial charge is 0.244 e. The minimum absolute atomic E-state index is 0.0290. The lowest BCUT2D eigenvalue weighted by Crippen LogP contribution is -2.59. The van der Waals surface area contributed by atoms with Gasteiger partial charge in [-0.05, 0) is 24.8 Å². The molecule has 3 amide bonds. The molecule has 0 radical (unpaired) electrons. The van der Waals surface area contributed by atoms with Crippen molar-refractivity contribution < 1.29 is 19.2 Å². The second kappa shape index (κ2) is 15.4. The lowest BCUT2D eigenvalue weighted by Gasteiger charge is -2.37. The van der Waals surface area contributed by atoms with E-state index in [1.807, 2.05) is 30.3 Å². The van der Waals surface area contributed by atoms with E-state index in [1.54, 1.807) is 7.05 Å². The molecule has 0 bridgehead atoms. The molecule has 2 atom stereocenters. The largest absolute Gasteiger partial charge is 0.357 e. The van der Waals surface area contributed by atoms with Crippen LogP contribution >= 0.6 is 0 Å². The lowest BCUT2D eigenvalue weighted by atomic mass is 9.94. The Bertz CT molecular complexity index is 728. The van der Waals surface area contributed by atoms with Gasteiger partial charge in [0.1, 0.15) is 6.04 Å². The first-order valence-corrected chi connectivity index (χ1v) is 12.3. The molecule has 0 spiro atoms. The van der Waals surface area contributed by atoms with Crippen LogP contribution in [0.5, 0.6) is 0 Å². The van der Waals surface area contributed by atoms with Gasteiger partial charge in [0.25, 0.3) is 0 Å².